The van der Waals surface area contributed by atoms with E-state index >= 15 is 0 Å². The lowest BCUT2D eigenvalue weighted by molar-refractivity contribution is 0.259. The maximum Gasteiger partial charge on any atom is 0.703 e. The molecule has 0 atom stereocenters. The van der Waals surface area contributed by atoms with Gasteiger partial charge >= 0.3 is 8.80 Å². The fourth-order valence-corrected chi connectivity index (χ4v) is 5.58. The van der Waals surface area contributed by atoms with Gasteiger partial charge in [0.15, 0.2) is 0 Å². The van der Waals surface area contributed by atoms with Gasteiger partial charge in [-0.3, -0.25) is 0 Å². The predicted octanol–water partition coefficient (Wildman–Crippen LogP) is 5.94. The Labute approximate surface area is 172 Å². The Morgan fingerprint density at radius 1 is 0.414 bits per heavy atom. The molecular weight excluding hydrogens is 376 g/mol. The van der Waals surface area contributed by atoms with Gasteiger partial charge in [0.25, 0.3) is 0 Å². The highest BCUT2D eigenvalue weighted by molar-refractivity contribution is 6.62. The van der Waals surface area contributed by atoms with Crippen molar-refractivity contribution in [3.63, 3.8) is 0 Å². The van der Waals surface area contributed by atoms with Gasteiger partial charge in [-0.25, -0.2) is 0 Å². The molecule has 29 heavy (non-hydrogen) atoms. The Kier molecular flexibility index (Phi) is 5.93. The predicted molar refractivity (Wildman–Crippen MR) is 117 cm³/mol. The third-order valence-corrected chi connectivity index (χ3v) is 6.79. The van der Waals surface area contributed by atoms with Crippen LogP contribution in [0, 0.1) is 0 Å². The molecule has 0 spiro atoms. The molecule has 0 unspecified atom stereocenters. The van der Waals surface area contributed by atoms with Crippen LogP contribution in [-0.4, -0.2) is 8.80 Å². The maximum atomic E-state index is 6.51. The van der Waals surface area contributed by atoms with Crippen LogP contribution in [0.3, 0.4) is 0 Å². The highest BCUT2D eigenvalue weighted by Crippen LogP contribution is 2.26. The van der Waals surface area contributed by atoms with Crippen LogP contribution in [0.1, 0.15) is 5.56 Å². The molecule has 0 amide bonds. The summed E-state index contributed by atoms with van der Waals surface area (Å²) in [5.74, 6) is 2.17. The molecule has 4 aromatic rings. The summed E-state index contributed by atoms with van der Waals surface area (Å²) in [5.41, 5.74) is 1.10. The van der Waals surface area contributed by atoms with E-state index in [-0.39, 0.29) is 0 Å². The summed E-state index contributed by atoms with van der Waals surface area (Å²) in [6, 6.07) is 39.8. The first kappa shape index (κ1) is 18.8. The van der Waals surface area contributed by atoms with Gasteiger partial charge in [0.2, 0.25) is 0 Å². The van der Waals surface area contributed by atoms with Crippen molar-refractivity contribution < 1.29 is 13.3 Å². The van der Waals surface area contributed by atoms with Crippen molar-refractivity contribution in [1.82, 2.24) is 0 Å². The fraction of sp³-hybridized carbons (Fsp3) is 0.0400. The van der Waals surface area contributed by atoms with E-state index in [9.17, 15) is 0 Å². The largest absolute Gasteiger partial charge is 0.703 e. The van der Waals surface area contributed by atoms with Crippen molar-refractivity contribution in [3.8, 4) is 17.2 Å². The van der Waals surface area contributed by atoms with Gasteiger partial charge in [-0.1, -0.05) is 84.9 Å². The summed E-state index contributed by atoms with van der Waals surface area (Å²) in [5, 5.41) is 0. The normalized spacial score (nSPS) is 10.9. The monoisotopic (exact) mass is 398 g/mol. The average Bonchev–Trinajstić information content (AvgIpc) is 2.76. The van der Waals surface area contributed by atoms with Gasteiger partial charge in [-0.05, 0) is 42.0 Å². The Bertz CT molecular complexity index is 822. The second-order valence-corrected chi connectivity index (χ2v) is 8.92. The first-order chi connectivity index (χ1) is 14.3. The van der Waals surface area contributed by atoms with Crippen molar-refractivity contribution in [2.75, 3.05) is 0 Å². The molecule has 144 valence electrons. The van der Waals surface area contributed by atoms with E-state index in [1.54, 1.807) is 0 Å². The third kappa shape index (κ3) is 5.27. The van der Waals surface area contributed by atoms with Gasteiger partial charge in [0.1, 0.15) is 17.2 Å². The number of rotatable bonds is 8. The summed E-state index contributed by atoms with van der Waals surface area (Å²) in [6.07, 6.45) is 0. The molecule has 0 fully saturated rings. The standard InChI is InChI=1S/C25H22O3Si/c1-5-13-22(14-6-1)21-29(26-23-15-7-2-8-16-23,27-24-17-9-3-10-18-24)28-25-19-11-4-12-20-25/h1-20H,21H2. The molecule has 0 radical (unpaired) electrons. The van der Waals surface area contributed by atoms with Crippen molar-refractivity contribution in [1.29, 1.82) is 0 Å². The van der Waals surface area contributed by atoms with E-state index in [2.05, 4.69) is 12.1 Å². The smallest absolute Gasteiger partial charge is 0.483 e. The lowest BCUT2D eigenvalue weighted by atomic mass is 10.2. The van der Waals surface area contributed by atoms with E-state index in [0.717, 1.165) is 22.8 Å². The van der Waals surface area contributed by atoms with E-state index in [0.29, 0.717) is 6.04 Å². The van der Waals surface area contributed by atoms with Crippen LogP contribution in [0.4, 0.5) is 0 Å². The van der Waals surface area contributed by atoms with Crippen LogP contribution in [-0.2, 0) is 6.04 Å². The van der Waals surface area contributed by atoms with Crippen LogP contribution in [0.25, 0.3) is 0 Å². The molecule has 0 aliphatic carbocycles. The zero-order chi connectivity index (χ0) is 19.8. The molecule has 0 aliphatic rings. The third-order valence-electron chi connectivity index (χ3n) is 4.31. The van der Waals surface area contributed by atoms with Crippen molar-refractivity contribution in [2.24, 2.45) is 0 Å². The molecule has 0 bridgehead atoms. The highest BCUT2D eigenvalue weighted by atomic mass is 28.4. The van der Waals surface area contributed by atoms with Gasteiger partial charge in [-0.15, -0.1) is 0 Å². The number of benzene rings is 4. The van der Waals surface area contributed by atoms with Gasteiger partial charge < -0.3 is 13.3 Å². The minimum atomic E-state index is -3.26. The summed E-state index contributed by atoms with van der Waals surface area (Å²) in [7, 11) is -3.26. The van der Waals surface area contributed by atoms with Crippen LogP contribution in [0.5, 0.6) is 17.2 Å². The van der Waals surface area contributed by atoms with Gasteiger partial charge in [0.05, 0.1) is 6.04 Å². The van der Waals surface area contributed by atoms with Gasteiger partial charge in [-0.2, -0.15) is 0 Å². The maximum absolute atomic E-state index is 6.51. The fourth-order valence-electron chi connectivity index (χ4n) is 3.02. The molecule has 3 nitrogen and oxygen atoms in total. The molecule has 4 aromatic carbocycles. The van der Waals surface area contributed by atoms with Crippen molar-refractivity contribution in [3.05, 3.63) is 127 Å². The summed E-state index contributed by atoms with van der Waals surface area (Å²) < 4.78 is 19.5. The molecule has 0 aromatic heterocycles. The van der Waals surface area contributed by atoms with E-state index in [1.807, 2.05) is 109 Å². The molecule has 0 saturated carbocycles. The molecule has 0 heterocycles. The molecule has 4 rings (SSSR count). The Hall–Kier alpha value is -3.50. The molecule has 4 heteroatoms. The highest BCUT2D eigenvalue weighted by Gasteiger charge is 2.49. The van der Waals surface area contributed by atoms with Crippen molar-refractivity contribution >= 4 is 8.80 Å². The second-order valence-electron chi connectivity index (χ2n) is 6.59. The number of hydrogen-bond donors (Lipinski definition) is 0. The Morgan fingerprint density at radius 3 is 1.07 bits per heavy atom. The topological polar surface area (TPSA) is 27.7 Å². The van der Waals surface area contributed by atoms with E-state index < -0.39 is 8.80 Å². The Morgan fingerprint density at radius 2 is 0.724 bits per heavy atom. The summed E-state index contributed by atoms with van der Waals surface area (Å²) >= 11 is 0. The average molecular weight is 399 g/mol. The zero-order valence-electron chi connectivity index (χ0n) is 16.0. The lowest BCUT2D eigenvalue weighted by Crippen LogP contribution is -2.57. The van der Waals surface area contributed by atoms with E-state index in [4.69, 9.17) is 13.3 Å². The van der Waals surface area contributed by atoms with Crippen LogP contribution >= 0.6 is 0 Å². The Balaban J connectivity index is 1.75. The summed E-state index contributed by atoms with van der Waals surface area (Å²) in [4.78, 5) is 0. The van der Waals surface area contributed by atoms with Crippen LogP contribution < -0.4 is 13.3 Å². The minimum Gasteiger partial charge on any atom is -0.483 e. The summed E-state index contributed by atoms with van der Waals surface area (Å²) in [6.45, 7) is 0. The van der Waals surface area contributed by atoms with Crippen LogP contribution in [0.15, 0.2) is 121 Å². The van der Waals surface area contributed by atoms with E-state index in [1.165, 1.54) is 0 Å². The van der Waals surface area contributed by atoms with Crippen LogP contribution in [0.2, 0.25) is 0 Å². The number of hydrogen-bond acceptors (Lipinski definition) is 3. The quantitative estimate of drug-likeness (QED) is 0.344. The first-order valence-electron chi connectivity index (χ1n) is 9.57. The number of para-hydroxylation sites is 3. The molecular formula is C25H22O3Si. The second kappa shape index (κ2) is 9.13. The minimum absolute atomic E-state index is 0.534. The SMILES string of the molecule is c1ccc(C[Si](Oc2ccccc2)(Oc2ccccc2)Oc2ccccc2)cc1. The molecule has 0 N–H and O–H groups in total. The zero-order valence-corrected chi connectivity index (χ0v) is 17.0. The van der Waals surface area contributed by atoms with Gasteiger partial charge in [0, 0.05) is 0 Å². The lowest BCUT2D eigenvalue weighted by Gasteiger charge is -2.30. The molecule has 0 saturated heterocycles. The molecule has 0 aliphatic heterocycles. The first-order valence-corrected chi connectivity index (χ1v) is 11.5. The van der Waals surface area contributed by atoms with Crippen molar-refractivity contribution in [2.45, 2.75) is 6.04 Å².